The van der Waals surface area contributed by atoms with E-state index in [1.54, 1.807) is 187 Å². The largest absolute Gasteiger partial charge is 0.513 e. The molecule has 24 nitrogen and oxygen atoms in total. The highest BCUT2D eigenvalue weighted by molar-refractivity contribution is 14.1. The van der Waals surface area contributed by atoms with Gasteiger partial charge in [-0.25, -0.2) is 59.5 Å². The smallest absolute Gasteiger partial charge is 0.486 e. The molecule has 0 aliphatic heterocycles. The number of hydrogen-bond donors (Lipinski definition) is 0. The first-order valence-corrected chi connectivity index (χ1v) is 41.0. The Morgan fingerprint density at radius 1 is 0.267 bits per heavy atom. The van der Waals surface area contributed by atoms with E-state index in [-0.39, 0.29) is 97.0 Å². The monoisotopic (exact) mass is 2010 g/mol. The van der Waals surface area contributed by atoms with Crippen LogP contribution in [0.1, 0.15) is 72.3 Å². The number of benzene rings is 12. The zero-order valence-corrected chi connectivity index (χ0v) is 77.2. The summed E-state index contributed by atoms with van der Waals surface area (Å²) in [5.41, 5.74) is 8.57. The van der Waals surface area contributed by atoms with Crippen molar-refractivity contribution < 1.29 is 145 Å². The van der Waals surface area contributed by atoms with Gasteiger partial charge in [-0.05, 0) is 243 Å². The summed E-state index contributed by atoms with van der Waals surface area (Å²) >= 11 is 11.5. The molecule has 0 bridgehead atoms. The quantitative estimate of drug-likeness (QED) is 0.0179. The molecule has 0 radical (unpaired) electrons. The fourth-order valence-electron chi connectivity index (χ4n) is 10.8. The molecule has 0 heterocycles. The van der Waals surface area contributed by atoms with Crippen LogP contribution in [0.15, 0.2) is 229 Å². The number of methoxy groups -OCH3 is 6. The van der Waals surface area contributed by atoms with E-state index in [1.807, 2.05) is 19.1 Å². The number of rotatable bonds is 24. The van der Waals surface area contributed by atoms with Crippen LogP contribution in [0.4, 0.5) is 59.5 Å². The van der Waals surface area contributed by atoms with Gasteiger partial charge in [0, 0.05) is 30.3 Å². The first-order valence-electron chi connectivity index (χ1n) is 38.8. The van der Waals surface area contributed by atoms with Crippen molar-refractivity contribution in [3.63, 3.8) is 0 Å². The Hall–Kier alpha value is -13.9. The van der Waals surface area contributed by atoms with Crippen molar-refractivity contribution >= 4 is 87.1 Å². The molecule has 0 saturated heterocycles. The van der Waals surface area contributed by atoms with Crippen molar-refractivity contribution in [3.05, 3.63) is 351 Å². The van der Waals surface area contributed by atoms with Gasteiger partial charge in [-0.2, -0.15) is 0 Å². The zero-order valence-electron chi connectivity index (χ0n) is 72.7. The van der Waals surface area contributed by atoms with Crippen molar-refractivity contribution in [1.82, 2.24) is 0 Å². The van der Waals surface area contributed by atoms with Gasteiger partial charge in [-0.15, -0.1) is 0 Å². The Morgan fingerprint density at radius 2 is 0.527 bits per heavy atom. The summed E-state index contributed by atoms with van der Waals surface area (Å²) in [5.74, 6) is -1.31. The molecule has 0 amide bonds. The van der Waals surface area contributed by atoms with Crippen molar-refractivity contribution in [1.29, 1.82) is 0 Å². The number of carbonyl (C=O) groups is 6. The summed E-state index contributed by atoms with van der Waals surface area (Å²) < 4.78 is 187. The molecule has 0 atom stereocenters. The summed E-state index contributed by atoms with van der Waals surface area (Å²) in [6.07, 6.45) is -5.12. The van der Waals surface area contributed by atoms with E-state index in [9.17, 15) is 59.5 Å². The molecule has 0 N–H and O–H groups in total. The molecule has 0 aliphatic carbocycles. The first-order chi connectivity index (χ1) is 62.6. The third kappa shape index (κ3) is 33.9. The lowest BCUT2D eigenvalue weighted by atomic mass is 10.1. The summed E-state index contributed by atoms with van der Waals surface area (Å²) in [7, 11) is 7.25. The fourth-order valence-corrected chi connectivity index (χ4v) is 12.1. The van der Waals surface area contributed by atoms with Gasteiger partial charge in [0.05, 0.1) is 58.8 Å². The molecule has 0 aliphatic rings. The molecule has 0 saturated carbocycles. The van der Waals surface area contributed by atoms with Gasteiger partial charge in [0.15, 0.2) is 69.4 Å². The normalized spacial score (nSPS) is 10.2. The van der Waals surface area contributed by atoms with Crippen molar-refractivity contribution in [3.8, 4) is 69.0 Å². The lowest BCUT2D eigenvalue weighted by molar-refractivity contribution is 0.119. The van der Waals surface area contributed by atoms with E-state index < -0.39 is 77.7 Å². The van der Waals surface area contributed by atoms with Crippen LogP contribution in [-0.2, 0) is 68.1 Å². The molecule has 12 aromatic carbocycles. The fraction of sp³-hybridized carbons (Fsp3) is 0.196. The number of ether oxygens (including phenoxy) is 18. The molecular formula is C97H88BrClF7IO24. The molecule has 12 rings (SSSR count). The van der Waals surface area contributed by atoms with E-state index >= 15 is 0 Å². The van der Waals surface area contributed by atoms with E-state index in [4.69, 9.17) is 68.4 Å². The number of aryl methyl sites for hydroxylation is 7. The van der Waals surface area contributed by atoms with E-state index in [1.165, 1.54) is 102 Å². The Balaban J connectivity index is 0.000000215. The van der Waals surface area contributed by atoms with Gasteiger partial charge >= 0.3 is 36.9 Å². The lowest BCUT2D eigenvalue weighted by Crippen LogP contribution is -2.11. The average molecular weight is 2010 g/mol. The Bertz CT molecular complexity index is 5220. The minimum absolute atomic E-state index is 0.00660. The predicted molar refractivity (Wildman–Crippen MR) is 480 cm³/mol. The van der Waals surface area contributed by atoms with Gasteiger partial charge in [-0.1, -0.05) is 119 Å². The number of hydrogen-bond acceptors (Lipinski definition) is 24. The first kappa shape index (κ1) is 104. The molecule has 34 heteroatoms. The van der Waals surface area contributed by atoms with Crippen LogP contribution in [0.25, 0.3) is 0 Å². The number of halogens is 10. The molecular weight excluding hydrogens is 1920 g/mol. The minimum atomic E-state index is -0.978. The predicted octanol–water partition coefficient (Wildman–Crippen LogP) is 25.6. The second kappa shape index (κ2) is 53.1. The second-order valence-corrected chi connectivity index (χ2v) is 29.6. The highest BCUT2D eigenvalue weighted by atomic mass is 127. The SMILES string of the molecule is COC(=O)Oc1cccc(Br)c1COc1ccc(C)cc1F.COC(=O)Oc1cccc(C)c1COc1ccc(C)cc1F.COC(=O)Oc1cccc(Cl)c1COc1ccc(C)cc1F.COC(=O)Oc1cccc(F)c1COc1ccc(C)cc1F.COC(=O)Oc1cccc(I)c1COc1ccc(C)cc1F.COC(=O)Oc1ccccc1COc1ccc(C)cc1F. The van der Waals surface area contributed by atoms with Crippen LogP contribution in [0.5, 0.6) is 69.0 Å². The van der Waals surface area contributed by atoms with Crippen molar-refractivity contribution in [2.75, 3.05) is 42.7 Å². The number of carbonyl (C=O) groups excluding carboxylic acids is 6. The van der Waals surface area contributed by atoms with Crippen molar-refractivity contribution in [2.24, 2.45) is 0 Å². The molecule has 0 aromatic heterocycles. The summed E-state index contributed by atoms with van der Waals surface area (Å²) in [4.78, 5) is 67.3. The Kier molecular flexibility index (Phi) is 42.2. The third-order valence-electron chi connectivity index (χ3n) is 17.6. The zero-order chi connectivity index (χ0) is 95.8. The van der Waals surface area contributed by atoms with Crippen molar-refractivity contribution in [2.45, 2.75) is 88.1 Å². The van der Waals surface area contributed by atoms with Crippen LogP contribution >= 0.6 is 50.1 Å². The van der Waals surface area contributed by atoms with E-state index in [2.05, 4.69) is 66.9 Å². The van der Waals surface area contributed by atoms with Gasteiger partial charge in [0.25, 0.3) is 0 Å². The maximum atomic E-state index is 13.9. The van der Waals surface area contributed by atoms with Crippen LogP contribution < -0.4 is 56.8 Å². The average Bonchev–Trinajstić information content (AvgIpc) is 0.849. The Labute approximate surface area is 777 Å². The van der Waals surface area contributed by atoms with Crippen LogP contribution in [-0.4, -0.2) is 79.6 Å². The maximum absolute atomic E-state index is 13.9. The molecule has 690 valence electrons. The maximum Gasteiger partial charge on any atom is 0.513 e. The lowest BCUT2D eigenvalue weighted by Gasteiger charge is -2.13. The summed E-state index contributed by atoms with van der Waals surface area (Å²) in [5, 5.41) is 0.342. The molecule has 0 spiro atoms. The van der Waals surface area contributed by atoms with Gasteiger partial charge < -0.3 is 85.3 Å². The van der Waals surface area contributed by atoms with Crippen LogP contribution in [0, 0.1) is 92.8 Å². The summed E-state index contributed by atoms with van der Waals surface area (Å²) in [6, 6.07) is 59.1. The standard InChI is InChI=1S/C17H17FO4.C16H14BrFO4.C16H14ClFO4.C16H14F2O4.C16H14FIO4.C16H15FO4/c1-11-7-8-16(14(18)9-11)21-10-13-12(2)5-4-6-15(13)22-17(19)20-3;3*1-10-6-7-15(13(18)8-10)21-9-11-12(17)4-3-5-14(11)22-16(19)20-2;1-10-6-7-15(12(17)8-10)21-9-11-13(18)4-3-5-14(11)22-16(19)20-2;1-11-7-8-15(13(17)9-11)20-10-12-5-3-4-6-14(12)21-16(18)19-2/h4-9H,10H2,1-3H3;4*3-8H,9H2,1-2H3;3-9H,10H2,1-2H3. The Morgan fingerprint density at radius 3 is 0.893 bits per heavy atom. The van der Waals surface area contributed by atoms with E-state index in [0.29, 0.717) is 54.6 Å². The minimum Gasteiger partial charge on any atom is -0.486 e. The van der Waals surface area contributed by atoms with Crippen LogP contribution in [0.2, 0.25) is 5.02 Å². The summed E-state index contributed by atoms with van der Waals surface area (Å²) in [6.45, 7) is 12.5. The highest BCUT2D eigenvalue weighted by Crippen LogP contribution is 2.35. The number of para-hydroxylation sites is 1. The topological polar surface area (TPSA) is 269 Å². The molecule has 0 fully saturated rings. The van der Waals surface area contributed by atoms with Gasteiger partial charge in [0.1, 0.15) is 80.0 Å². The van der Waals surface area contributed by atoms with E-state index in [0.717, 1.165) is 49.6 Å². The van der Waals surface area contributed by atoms with Gasteiger partial charge in [0.2, 0.25) is 0 Å². The van der Waals surface area contributed by atoms with Crippen LogP contribution in [0.3, 0.4) is 0 Å². The molecule has 12 aromatic rings. The highest BCUT2D eigenvalue weighted by Gasteiger charge is 2.22. The second-order valence-electron chi connectivity index (χ2n) is 27.2. The third-order valence-corrected chi connectivity index (χ3v) is 19.7. The van der Waals surface area contributed by atoms with Gasteiger partial charge in [-0.3, -0.25) is 0 Å². The molecule has 0 unspecified atom stereocenters. The molecule has 131 heavy (non-hydrogen) atoms.